The summed E-state index contributed by atoms with van der Waals surface area (Å²) in [5, 5.41) is 7.07. The maximum atomic E-state index is 12.6. The summed E-state index contributed by atoms with van der Waals surface area (Å²) in [6, 6.07) is 19.6. The van der Waals surface area contributed by atoms with Gasteiger partial charge in [-0.05, 0) is 49.5 Å². The molecule has 1 saturated heterocycles. The topological polar surface area (TPSA) is 70.5 Å². The van der Waals surface area contributed by atoms with Crippen molar-refractivity contribution in [3.8, 4) is 5.69 Å². The van der Waals surface area contributed by atoms with Crippen LogP contribution in [0.15, 0.2) is 71.5 Å². The maximum Gasteiger partial charge on any atom is 0.276 e. The third-order valence-electron chi connectivity index (χ3n) is 5.03. The minimum atomic E-state index is -0.359. The van der Waals surface area contributed by atoms with Crippen molar-refractivity contribution in [1.82, 2.24) is 14.7 Å². The van der Waals surface area contributed by atoms with Crippen molar-refractivity contribution >= 4 is 17.3 Å². The number of aromatic nitrogens is 2. The minimum Gasteiger partial charge on any atom is -0.369 e. The van der Waals surface area contributed by atoms with Gasteiger partial charge in [-0.1, -0.05) is 18.2 Å². The predicted octanol–water partition coefficient (Wildman–Crippen LogP) is 2.24. The van der Waals surface area contributed by atoms with E-state index in [1.807, 2.05) is 42.5 Å². The summed E-state index contributed by atoms with van der Waals surface area (Å²) in [6.45, 7) is 4.07. The molecule has 3 aromatic rings. The van der Waals surface area contributed by atoms with E-state index in [-0.39, 0.29) is 17.2 Å². The number of rotatable bonds is 4. The van der Waals surface area contributed by atoms with E-state index in [4.69, 9.17) is 0 Å². The summed E-state index contributed by atoms with van der Waals surface area (Å²) in [5.41, 5.74) is 2.34. The number of piperazine rings is 1. The molecule has 0 atom stereocenters. The molecule has 4 rings (SSSR count). The number of amides is 1. The summed E-state index contributed by atoms with van der Waals surface area (Å²) < 4.78 is 1.23. The number of nitrogens with one attached hydrogen (secondary N) is 1. The Kier molecular flexibility index (Phi) is 5.39. The van der Waals surface area contributed by atoms with Gasteiger partial charge in [0.15, 0.2) is 0 Å². The molecule has 0 aliphatic carbocycles. The van der Waals surface area contributed by atoms with Gasteiger partial charge in [-0.3, -0.25) is 9.59 Å². The number of carbonyl (C=O) groups excluding carboxylic acids is 1. The Bertz CT molecular complexity index is 1040. The lowest BCUT2D eigenvalue weighted by Gasteiger charge is -2.34. The smallest absolute Gasteiger partial charge is 0.276 e. The van der Waals surface area contributed by atoms with E-state index >= 15 is 0 Å². The van der Waals surface area contributed by atoms with Crippen molar-refractivity contribution in [3.63, 3.8) is 0 Å². The lowest BCUT2D eigenvalue weighted by molar-refractivity contribution is 0.102. The largest absolute Gasteiger partial charge is 0.369 e. The molecular formula is C22H23N5O2. The van der Waals surface area contributed by atoms with Gasteiger partial charge < -0.3 is 15.1 Å². The summed E-state index contributed by atoms with van der Waals surface area (Å²) in [6.07, 6.45) is 0. The molecule has 0 spiro atoms. The molecule has 1 aliphatic rings. The molecule has 0 bridgehead atoms. The second kappa shape index (κ2) is 8.28. The van der Waals surface area contributed by atoms with Crippen LogP contribution in [0.4, 0.5) is 11.4 Å². The normalized spacial score (nSPS) is 14.6. The second-order valence-corrected chi connectivity index (χ2v) is 7.10. The van der Waals surface area contributed by atoms with Crippen molar-refractivity contribution in [2.45, 2.75) is 0 Å². The molecule has 1 aromatic heterocycles. The molecule has 7 heteroatoms. The van der Waals surface area contributed by atoms with E-state index in [2.05, 4.69) is 27.3 Å². The number of para-hydroxylation sites is 1. The van der Waals surface area contributed by atoms with Gasteiger partial charge in [0.2, 0.25) is 0 Å². The first-order valence-electron chi connectivity index (χ1n) is 9.61. The molecule has 148 valence electrons. The number of nitrogens with zero attached hydrogens (tertiary/aromatic N) is 4. The van der Waals surface area contributed by atoms with E-state index < -0.39 is 0 Å². The zero-order chi connectivity index (χ0) is 20.2. The van der Waals surface area contributed by atoms with E-state index in [0.717, 1.165) is 31.9 Å². The number of likely N-dealkylation sites (N-methyl/N-ethyl adjacent to an activating group) is 1. The van der Waals surface area contributed by atoms with Gasteiger partial charge in [-0.15, -0.1) is 0 Å². The van der Waals surface area contributed by atoms with Crippen LogP contribution in [0.2, 0.25) is 0 Å². The highest BCUT2D eigenvalue weighted by Gasteiger charge is 2.15. The van der Waals surface area contributed by atoms with Gasteiger partial charge in [-0.2, -0.15) is 9.78 Å². The van der Waals surface area contributed by atoms with Gasteiger partial charge in [0.05, 0.1) is 5.69 Å². The average Bonchev–Trinajstić information content (AvgIpc) is 2.76. The molecule has 0 saturated carbocycles. The Labute approximate surface area is 169 Å². The van der Waals surface area contributed by atoms with Crippen LogP contribution < -0.4 is 15.8 Å². The Morgan fingerprint density at radius 3 is 2.24 bits per heavy atom. The Morgan fingerprint density at radius 2 is 1.55 bits per heavy atom. The first kappa shape index (κ1) is 18.9. The first-order chi connectivity index (χ1) is 14.1. The standard InChI is InChI=1S/C22H23N5O2/c1-25-13-15-26(16-14-25)18-9-7-17(8-10-18)23-22(29)20-11-12-21(28)27(24-20)19-5-3-2-4-6-19/h2-12H,13-16H2,1H3,(H,23,29). The van der Waals surface area contributed by atoms with E-state index in [1.54, 1.807) is 12.1 Å². The van der Waals surface area contributed by atoms with Crippen LogP contribution >= 0.6 is 0 Å². The summed E-state index contributed by atoms with van der Waals surface area (Å²) in [7, 11) is 2.13. The number of benzene rings is 2. The van der Waals surface area contributed by atoms with Crippen LogP contribution in [0.1, 0.15) is 10.5 Å². The third kappa shape index (κ3) is 4.35. The zero-order valence-corrected chi connectivity index (χ0v) is 16.3. The van der Waals surface area contributed by atoms with Crippen molar-refractivity contribution in [1.29, 1.82) is 0 Å². The quantitative estimate of drug-likeness (QED) is 0.741. The van der Waals surface area contributed by atoms with Crippen molar-refractivity contribution in [2.75, 3.05) is 43.4 Å². The molecule has 0 radical (unpaired) electrons. The number of carbonyl (C=O) groups is 1. The van der Waals surface area contributed by atoms with Gasteiger partial charge in [0.1, 0.15) is 5.69 Å². The highest BCUT2D eigenvalue weighted by atomic mass is 16.2. The van der Waals surface area contributed by atoms with Crippen molar-refractivity contribution < 1.29 is 4.79 Å². The first-order valence-corrected chi connectivity index (χ1v) is 9.61. The molecule has 1 aliphatic heterocycles. The minimum absolute atomic E-state index is 0.177. The predicted molar refractivity (Wildman–Crippen MR) is 114 cm³/mol. The van der Waals surface area contributed by atoms with Crippen LogP contribution in [0.3, 0.4) is 0 Å². The van der Waals surface area contributed by atoms with Gasteiger partial charge in [-0.25, -0.2) is 0 Å². The fourth-order valence-electron chi connectivity index (χ4n) is 3.30. The third-order valence-corrected chi connectivity index (χ3v) is 5.03. The molecule has 29 heavy (non-hydrogen) atoms. The van der Waals surface area contributed by atoms with Gasteiger partial charge >= 0.3 is 0 Å². The van der Waals surface area contributed by atoms with E-state index in [9.17, 15) is 9.59 Å². The van der Waals surface area contributed by atoms with Crippen molar-refractivity contribution in [2.24, 2.45) is 0 Å². The average molecular weight is 389 g/mol. The second-order valence-electron chi connectivity index (χ2n) is 7.10. The van der Waals surface area contributed by atoms with E-state index in [1.165, 1.54) is 16.8 Å². The van der Waals surface area contributed by atoms with Crippen LogP contribution in [-0.2, 0) is 0 Å². The molecule has 2 heterocycles. The molecule has 2 aromatic carbocycles. The fraction of sp³-hybridized carbons (Fsp3) is 0.227. The Balaban J connectivity index is 1.48. The molecule has 1 N–H and O–H groups in total. The summed E-state index contributed by atoms with van der Waals surface area (Å²) in [4.78, 5) is 29.4. The van der Waals surface area contributed by atoms with Crippen molar-refractivity contribution in [3.05, 3.63) is 82.8 Å². The lowest BCUT2D eigenvalue weighted by Crippen LogP contribution is -2.44. The number of hydrogen-bond acceptors (Lipinski definition) is 5. The van der Waals surface area contributed by atoms with Crippen LogP contribution in [0.5, 0.6) is 0 Å². The van der Waals surface area contributed by atoms with Gasteiger partial charge in [0.25, 0.3) is 11.5 Å². The maximum absolute atomic E-state index is 12.6. The highest BCUT2D eigenvalue weighted by Crippen LogP contribution is 2.19. The Morgan fingerprint density at radius 1 is 0.862 bits per heavy atom. The van der Waals surface area contributed by atoms with Gasteiger partial charge in [0, 0.05) is 43.6 Å². The van der Waals surface area contributed by atoms with E-state index in [0.29, 0.717) is 11.4 Å². The summed E-state index contributed by atoms with van der Waals surface area (Å²) in [5.74, 6) is -0.359. The highest BCUT2D eigenvalue weighted by molar-refractivity contribution is 6.02. The lowest BCUT2D eigenvalue weighted by atomic mass is 10.2. The molecular weight excluding hydrogens is 366 g/mol. The Hall–Kier alpha value is -3.45. The molecule has 0 unspecified atom stereocenters. The number of anilines is 2. The monoisotopic (exact) mass is 389 g/mol. The van der Waals surface area contributed by atoms with Crippen LogP contribution in [-0.4, -0.2) is 53.8 Å². The molecule has 7 nitrogen and oxygen atoms in total. The fourth-order valence-corrected chi connectivity index (χ4v) is 3.30. The van der Waals surface area contributed by atoms with Crippen LogP contribution in [0, 0.1) is 0 Å². The SMILES string of the molecule is CN1CCN(c2ccc(NC(=O)c3ccc(=O)n(-c4ccccc4)n3)cc2)CC1. The zero-order valence-electron chi connectivity index (χ0n) is 16.3. The molecule has 1 fully saturated rings. The summed E-state index contributed by atoms with van der Waals surface area (Å²) >= 11 is 0. The number of hydrogen-bond donors (Lipinski definition) is 1. The molecule has 1 amide bonds. The van der Waals surface area contributed by atoms with Crippen LogP contribution in [0.25, 0.3) is 5.69 Å².